The number of nitrogens with zero attached hydrogens (tertiary/aromatic N) is 1. The number of carbonyl (C=O) groups is 1. The molecule has 3 aromatic rings. The van der Waals surface area contributed by atoms with Crippen molar-refractivity contribution in [3.63, 3.8) is 0 Å². The standard InChI is InChI=1S/C26H27ClN2O5/c1-31-20-7-9-21(10-8-20)34-16-23-22-15-25(33-3)24(32-2)13-17(22)11-12-29(23)26(30)28-19-6-4-5-18(27)14-19/h4-10,13-15,23H,11-12,16H2,1-3H3,(H,28,30)/t23-/m0/s1. The summed E-state index contributed by atoms with van der Waals surface area (Å²) < 4.78 is 22.3. The Morgan fingerprint density at radius 3 is 2.35 bits per heavy atom. The van der Waals surface area contributed by atoms with Gasteiger partial charge < -0.3 is 29.2 Å². The van der Waals surface area contributed by atoms with E-state index in [2.05, 4.69) is 5.32 Å². The lowest BCUT2D eigenvalue weighted by molar-refractivity contribution is 0.144. The summed E-state index contributed by atoms with van der Waals surface area (Å²) in [5.74, 6) is 2.69. The van der Waals surface area contributed by atoms with Gasteiger partial charge in [0.2, 0.25) is 0 Å². The van der Waals surface area contributed by atoms with Crippen LogP contribution in [-0.4, -0.2) is 45.4 Å². The predicted molar refractivity (Wildman–Crippen MR) is 132 cm³/mol. The van der Waals surface area contributed by atoms with Gasteiger partial charge in [-0.1, -0.05) is 17.7 Å². The number of ether oxygens (including phenoxy) is 4. The van der Waals surface area contributed by atoms with Crippen LogP contribution in [0.2, 0.25) is 5.02 Å². The van der Waals surface area contributed by atoms with E-state index in [9.17, 15) is 4.79 Å². The fraction of sp³-hybridized carbons (Fsp3) is 0.269. The van der Waals surface area contributed by atoms with Gasteiger partial charge in [0.1, 0.15) is 18.1 Å². The zero-order chi connectivity index (χ0) is 24.1. The van der Waals surface area contributed by atoms with Crippen LogP contribution in [0.15, 0.2) is 60.7 Å². The first kappa shape index (κ1) is 23.6. The van der Waals surface area contributed by atoms with Gasteiger partial charge in [-0.05, 0) is 72.1 Å². The van der Waals surface area contributed by atoms with Gasteiger partial charge in [0.25, 0.3) is 0 Å². The summed E-state index contributed by atoms with van der Waals surface area (Å²) in [4.78, 5) is 15.1. The summed E-state index contributed by atoms with van der Waals surface area (Å²) in [6, 6.07) is 17.8. The molecule has 178 valence electrons. The molecule has 1 N–H and O–H groups in total. The van der Waals surface area contributed by atoms with Gasteiger partial charge in [0.15, 0.2) is 11.5 Å². The molecule has 0 fully saturated rings. The van der Waals surface area contributed by atoms with Crippen LogP contribution < -0.4 is 24.3 Å². The summed E-state index contributed by atoms with van der Waals surface area (Å²) in [5.41, 5.74) is 2.68. The second-order valence-corrected chi connectivity index (χ2v) is 8.23. The molecule has 7 nitrogen and oxygen atoms in total. The molecule has 0 unspecified atom stereocenters. The van der Waals surface area contributed by atoms with Crippen LogP contribution in [0.3, 0.4) is 0 Å². The fourth-order valence-electron chi connectivity index (χ4n) is 4.06. The van der Waals surface area contributed by atoms with E-state index in [0.717, 1.165) is 16.9 Å². The van der Waals surface area contributed by atoms with Crippen molar-refractivity contribution in [2.45, 2.75) is 12.5 Å². The lowest BCUT2D eigenvalue weighted by atomic mass is 9.92. The number of anilines is 1. The highest BCUT2D eigenvalue weighted by Crippen LogP contribution is 2.38. The van der Waals surface area contributed by atoms with Crippen molar-refractivity contribution < 1.29 is 23.7 Å². The Hall–Kier alpha value is -3.58. The second-order valence-electron chi connectivity index (χ2n) is 7.79. The molecule has 2 amide bonds. The Labute approximate surface area is 204 Å². The Morgan fingerprint density at radius 2 is 1.68 bits per heavy atom. The van der Waals surface area contributed by atoms with Gasteiger partial charge >= 0.3 is 6.03 Å². The molecule has 4 rings (SSSR count). The number of rotatable bonds is 7. The summed E-state index contributed by atoms with van der Waals surface area (Å²) in [5, 5.41) is 3.51. The van der Waals surface area contributed by atoms with Crippen LogP contribution in [0, 0.1) is 0 Å². The number of hydrogen-bond donors (Lipinski definition) is 1. The largest absolute Gasteiger partial charge is 0.497 e. The van der Waals surface area contributed by atoms with Gasteiger partial charge in [-0.25, -0.2) is 4.79 Å². The minimum atomic E-state index is -0.343. The number of amides is 2. The average Bonchev–Trinajstić information content (AvgIpc) is 2.86. The van der Waals surface area contributed by atoms with Gasteiger partial charge in [0.05, 0.1) is 27.4 Å². The molecule has 8 heteroatoms. The summed E-state index contributed by atoms with van der Waals surface area (Å²) >= 11 is 6.09. The number of carbonyl (C=O) groups excluding carboxylic acids is 1. The lowest BCUT2D eigenvalue weighted by Crippen LogP contribution is -2.44. The van der Waals surface area contributed by atoms with Crippen LogP contribution in [0.25, 0.3) is 0 Å². The first-order valence-electron chi connectivity index (χ1n) is 10.9. The highest BCUT2D eigenvalue weighted by Gasteiger charge is 2.33. The third-order valence-electron chi connectivity index (χ3n) is 5.81. The number of methoxy groups -OCH3 is 3. The number of nitrogens with one attached hydrogen (secondary N) is 1. The van der Waals surface area contributed by atoms with Gasteiger partial charge in [0, 0.05) is 17.3 Å². The zero-order valence-corrected chi connectivity index (χ0v) is 20.1. The molecular weight excluding hydrogens is 456 g/mol. The predicted octanol–water partition coefficient (Wildman–Crippen LogP) is 5.58. The van der Waals surface area contributed by atoms with Gasteiger partial charge in [-0.3, -0.25) is 0 Å². The van der Waals surface area contributed by atoms with E-state index in [1.165, 1.54) is 0 Å². The van der Waals surface area contributed by atoms with E-state index in [4.69, 9.17) is 30.5 Å². The maximum absolute atomic E-state index is 13.3. The van der Waals surface area contributed by atoms with Gasteiger partial charge in [-0.2, -0.15) is 0 Å². The molecule has 0 bridgehead atoms. The van der Waals surface area contributed by atoms with Crippen LogP contribution in [0.4, 0.5) is 10.5 Å². The highest BCUT2D eigenvalue weighted by molar-refractivity contribution is 6.30. The molecule has 0 radical (unpaired) electrons. The second kappa shape index (κ2) is 10.6. The molecule has 0 aromatic heterocycles. The van der Waals surface area contributed by atoms with E-state index >= 15 is 0 Å². The molecule has 0 saturated heterocycles. The number of hydrogen-bond acceptors (Lipinski definition) is 5. The molecule has 1 atom stereocenters. The van der Waals surface area contributed by atoms with Crippen LogP contribution in [0.1, 0.15) is 17.2 Å². The van der Waals surface area contributed by atoms with Gasteiger partial charge in [-0.15, -0.1) is 0 Å². The molecule has 1 aliphatic rings. The smallest absolute Gasteiger partial charge is 0.322 e. The van der Waals surface area contributed by atoms with Crippen molar-refractivity contribution in [2.75, 3.05) is 39.8 Å². The Morgan fingerprint density at radius 1 is 0.971 bits per heavy atom. The summed E-state index contributed by atoms with van der Waals surface area (Å²) in [6.45, 7) is 0.781. The molecule has 0 aliphatic carbocycles. The molecule has 1 heterocycles. The third-order valence-corrected chi connectivity index (χ3v) is 6.04. The van der Waals surface area contributed by atoms with E-state index in [1.807, 2.05) is 36.4 Å². The van der Waals surface area contributed by atoms with E-state index in [0.29, 0.717) is 40.9 Å². The number of halogens is 1. The average molecular weight is 483 g/mol. The zero-order valence-electron chi connectivity index (χ0n) is 19.3. The molecule has 1 aliphatic heterocycles. The van der Waals surface area contributed by atoms with Crippen LogP contribution >= 0.6 is 11.6 Å². The highest BCUT2D eigenvalue weighted by atomic mass is 35.5. The first-order valence-corrected chi connectivity index (χ1v) is 11.2. The Kier molecular flexibility index (Phi) is 7.33. The topological polar surface area (TPSA) is 69.3 Å². The lowest BCUT2D eigenvalue weighted by Gasteiger charge is -2.37. The molecule has 0 spiro atoms. The minimum absolute atomic E-state index is 0.231. The normalized spacial score (nSPS) is 14.7. The fourth-order valence-corrected chi connectivity index (χ4v) is 4.25. The quantitative estimate of drug-likeness (QED) is 0.476. The summed E-state index contributed by atoms with van der Waals surface area (Å²) in [6.07, 6.45) is 0.678. The Balaban J connectivity index is 1.63. The molecule has 0 saturated carbocycles. The first-order chi connectivity index (χ1) is 16.5. The molecule has 34 heavy (non-hydrogen) atoms. The van der Waals surface area contributed by atoms with Crippen molar-refractivity contribution in [1.29, 1.82) is 0 Å². The third kappa shape index (κ3) is 5.15. The van der Waals surface area contributed by atoms with Crippen LogP contribution in [-0.2, 0) is 6.42 Å². The van der Waals surface area contributed by atoms with E-state index in [1.54, 1.807) is 50.5 Å². The van der Waals surface area contributed by atoms with E-state index in [-0.39, 0.29) is 18.7 Å². The SMILES string of the molecule is COc1ccc(OC[C@H]2c3cc(OC)c(OC)cc3CCN2C(=O)Nc2cccc(Cl)c2)cc1. The van der Waals surface area contributed by atoms with Crippen molar-refractivity contribution in [2.24, 2.45) is 0 Å². The van der Waals surface area contributed by atoms with Crippen LogP contribution in [0.5, 0.6) is 23.0 Å². The minimum Gasteiger partial charge on any atom is -0.497 e. The van der Waals surface area contributed by atoms with E-state index < -0.39 is 0 Å². The maximum atomic E-state index is 13.3. The summed E-state index contributed by atoms with van der Waals surface area (Å²) in [7, 11) is 4.83. The molecule has 3 aromatic carbocycles. The van der Waals surface area contributed by atoms with Crippen molar-refractivity contribution >= 4 is 23.3 Å². The monoisotopic (exact) mass is 482 g/mol. The number of fused-ring (bicyclic) bond motifs is 1. The van der Waals surface area contributed by atoms with Crippen molar-refractivity contribution in [1.82, 2.24) is 4.90 Å². The van der Waals surface area contributed by atoms with Crippen molar-refractivity contribution in [3.05, 3.63) is 76.8 Å². The van der Waals surface area contributed by atoms with Crippen molar-refractivity contribution in [3.8, 4) is 23.0 Å². The maximum Gasteiger partial charge on any atom is 0.322 e. The molecular formula is C26H27ClN2O5. The number of benzene rings is 3. The number of urea groups is 1. The Bertz CT molecular complexity index is 1150.